The smallest absolute Gasteiger partial charge is 0.189 e. The summed E-state index contributed by atoms with van der Waals surface area (Å²) in [5.41, 5.74) is 6.99. The predicted molar refractivity (Wildman–Crippen MR) is 104 cm³/mol. The van der Waals surface area contributed by atoms with Crippen LogP contribution in [0.2, 0.25) is 0 Å². The van der Waals surface area contributed by atoms with Gasteiger partial charge < -0.3 is 25.6 Å². The lowest BCUT2D eigenvalue weighted by molar-refractivity contribution is -0.0106. The number of nitrogens with one attached hydrogen (secondary N) is 1. The standard InChI is InChI=1S/C17H25N3O3.HI/c18-16(19-11-17(12-21)6-9-22-10-7-17)20-14-5-8-23-15-4-2-1-3-13(14)15;/h1-4,14,21H,5-12H2,(H3,18,19,20);1H. The zero-order valence-corrected chi connectivity index (χ0v) is 16.1. The molecule has 1 aromatic carbocycles. The molecular formula is C17H26IN3O3. The van der Waals surface area contributed by atoms with E-state index in [1.165, 1.54) is 0 Å². The second kappa shape index (κ2) is 8.87. The van der Waals surface area contributed by atoms with Crippen molar-refractivity contribution in [2.24, 2.45) is 16.1 Å². The van der Waals surface area contributed by atoms with Gasteiger partial charge in [0.1, 0.15) is 5.75 Å². The zero-order chi connectivity index (χ0) is 16.1. The Bertz CT molecular complexity index is 562. The molecule has 1 unspecified atom stereocenters. The highest BCUT2D eigenvalue weighted by Gasteiger charge is 2.32. The minimum absolute atomic E-state index is 0. The molecule has 7 heteroatoms. The number of fused-ring (bicyclic) bond motifs is 1. The summed E-state index contributed by atoms with van der Waals surface area (Å²) in [7, 11) is 0. The molecule has 2 heterocycles. The van der Waals surface area contributed by atoms with Gasteiger partial charge in [-0.05, 0) is 18.9 Å². The Balaban J connectivity index is 0.00000208. The number of benzene rings is 1. The van der Waals surface area contributed by atoms with Gasteiger partial charge in [-0.15, -0.1) is 24.0 Å². The summed E-state index contributed by atoms with van der Waals surface area (Å²) in [6.07, 6.45) is 2.49. The number of rotatable bonds is 4. The van der Waals surface area contributed by atoms with Crippen LogP contribution < -0.4 is 15.8 Å². The summed E-state index contributed by atoms with van der Waals surface area (Å²) < 4.78 is 11.0. The average molecular weight is 447 g/mol. The Morgan fingerprint density at radius 1 is 1.29 bits per heavy atom. The maximum Gasteiger partial charge on any atom is 0.189 e. The monoisotopic (exact) mass is 447 g/mol. The highest BCUT2D eigenvalue weighted by molar-refractivity contribution is 14.0. The van der Waals surface area contributed by atoms with Crippen LogP contribution in [0.5, 0.6) is 5.75 Å². The molecule has 1 fully saturated rings. The number of aliphatic hydroxyl groups is 1. The van der Waals surface area contributed by atoms with E-state index in [-0.39, 0.29) is 42.0 Å². The fourth-order valence-corrected chi connectivity index (χ4v) is 3.14. The van der Waals surface area contributed by atoms with Gasteiger partial charge in [-0.25, -0.2) is 0 Å². The molecule has 0 aromatic heterocycles. The fourth-order valence-electron chi connectivity index (χ4n) is 3.14. The Morgan fingerprint density at radius 2 is 2.04 bits per heavy atom. The van der Waals surface area contributed by atoms with Crippen LogP contribution >= 0.6 is 24.0 Å². The Labute approximate surface area is 159 Å². The van der Waals surface area contributed by atoms with E-state index in [1.807, 2.05) is 24.3 Å². The minimum atomic E-state index is -0.196. The number of nitrogens with two attached hydrogens (primary N) is 1. The van der Waals surface area contributed by atoms with Crippen molar-refractivity contribution in [3.63, 3.8) is 0 Å². The van der Waals surface area contributed by atoms with E-state index in [0.29, 0.717) is 32.3 Å². The summed E-state index contributed by atoms with van der Waals surface area (Å²) in [6.45, 7) is 2.66. The molecule has 3 rings (SSSR count). The van der Waals surface area contributed by atoms with Gasteiger partial charge in [-0.3, -0.25) is 4.99 Å². The van der Waals surface area contributed by atoms with Gasteiger partial charge in [-0.1, -0.05) is 18.2 Å². The van der Waals surface area contributed by atoms with E-state index in [9.17, 15) is 5.11 Å². The Morgan fingerprint density at radius 3 is 2.79 bits per heavy atom. The molecule has 134 valence electrons. The van der Waals surface area contributed by atoms with E-state index >= 15 is 0 Å². The molecule has 0 aliphatic carbocycles. The van der Waals surface area contributed by atoms with Crippen molar-refractivity contribution in [2.75, 3.05) is 33.0 Å². The lowest BCUT2D eigenvalue weighted by atomic mass is 9.81. The van der Waals surface area contributed by atoms with Crippen LogP contribution in [0.4, 0.5) is 0 Å². The topological polar surface area (TPSA) is 89.1 Å². The van der Waals surface area contributed by atoms with Crippen LogP contribution in [0.25, 0.3) is 0 Å². The first-order valence-electron chi connectivity index (χ1n) is 8.19. The van der Waals surface area contributed by atoms with Crippen molar-refractivity contribution < 1.29 is 14.6 Å². The molecule has 0 radical (unpaired) electrons. The van der Waals surface area contributed by atoms with Gasteiger partial charge in [0.15, 0.2) is 5.96 Å². The number of guanidine groups is 1. The first kappa shape index (κ1) is 19.3. The third kappa shape index (κ3) is 4.52. The average Bonchev–Trinajstić information content (AvgIpc) is 2.61. The lowest BCUT2D eigenvalue weighted by Crippen LogP contribution is -2.40. The zero-order valence-electron chi connectivity index (χ0n) is 13.7. The maximum atomic E-state index is 9.70. The van der Waals surface area contributed by atoms with Gasteiger partial charge in [0.2, 0.25) is 0 Å². The summed E-state index contributed by atoms with van der Waals surface area (Å²) in [5, 5.41) is 13.0. The fraction of sp³-hybridized carbons (Fsp3) is 0.588. The number of ether oxygens (including phenoxy) is 2. The van der Waals surface area contributed by atoms with Gasteiger partial charge in [0.05, 0.1) is 25.8 Å². The number of hydrogen-bond acceptors (Lipinski definition) is 4. The first-order chi connectivity index (χ1) is 11.2. The lowest BCUT2D eigenvalue weighted by Gasteiger charge is -2.34. The van der Waals surface area contributed by atoms with Crippen molar-refractivity contribution in [3.05, 3.63) is 29.8 Å². The van der Waals surface area contributed by atoms with Gasteiger partial charge in [0, 0.05) is 30.6 Å². The van der Waals surface area contributed by atoms with E-state index in [4.69, 9.17) is 15.2 Å². The molecule has 2 aliphatic rings. The summed E-state index contributed by atoms with van der Waals surface area (Å²) in [5.74, 6) is 1.33. The maximum absolute atomic E-state index is 9.70. The van der Waals surface area contributed by atoms with Gasteiger partial charge in [-0.2, -0.15) is 0 Å². The largest absolute Gasteiger partial charge is 0.493 e. The molecule has 0 amide bonds. The molecule has 6 nitrogen and oxygen atoms in total. The molecule has 2 aliphatic heterocycles. The second-order valence-corrected chi connectivity index (χ2v) is 6.34. The van der Waals surface area contributed by atoms with E-state index < -0.39 is 0 Å². The van der Waals surface area contributed by atoms with E-state index in [1.54, 1.807) is 0 Å². The van der Waals surface area contributed by atoms with Crippen LogP contribution in [0.15, 0.2) is 29.3 Å². The summed E-state index contributed by atoms with van der Waals surface area (Å²) in [6, 6.07) is 8.10. The van der Waals surface area contributed by atoms with Crippen LogP contribution in [0.3, 0.4) is 0 Å². The van der Waals surface area contributed by atoms with Crippen molar-refractivity contribution >= 4 is 29.9 Å². The van der Waals surface area contributed by atoms with Crippen molar-refractivity contribution in [3.8, 4) is 5.75 Å². The number of para-hydroxylation sites is 1. The van der Waals surface area contributed by atoms with Crippen LogP contribution in [-0.2, 0) is 4.74 Å². The number of hydrogen-bond donors (Lipinski definition) is 3. The number of nitrogens with zero attached hydrogens (tertiary/aromatic N) is 1. The minimum Gasteiger partial charge on any atom is -0.493 e. The molecule has 0 bridgehead atoms. The third-order valence-corrected chi connectivity index (χ3v) is 4.75. The predicted octanol–water partition coefficient (Wildman–Crippen LogP) is 1.82. The Hall–Kier alpha value is -1.06. The highest BCUT2D eigenvalue weighted by Crippen LogP contribution is 2.32. The van der Waals surface area contributed by atoms with Crippen LogP contribution in [0, 0.1) is 5.41 Å². The normalized spacial score (nSPS) is 22.7. The Kier molecular flexibility index (Phi) is 7.12. The number of halogens is 1. The van der Waals surface area contributed by atoms with E-state index in [2.05, 4.69) is 10.3 Å². The molecule has 1 atom stereocenters. The molecular weight excluding hydrogens is 421 g/mol. The van der Waals surface area contributed by atoms with Crippen LogP contribution in [-0.4, -0.2) is 44.0 Å². The molecule has 0 spiro atoms. The summed E-state index contributed by atoms with van der Waals surface area (Å²) in [4.78, 5) is 4.48. The van der Waals surface area contributed by atoms with Gasteiger partial charge in [0.25, 0.3) is 0 Å². The van der Waals surface area contributed by atoms with Gasteiger partial charge >= 0.3 is 0 Å². The van der Waals surface area contributed by atoms with Crippen molar-refractivity contribution in [1.29, 1.82) is 0 Å². The molecule has 0 saturated carbocycles. The molecule has 24 heavy (non-hydrogen) atoms. The first-order valence-corrected chi connectivity index (χ1v) is 8.19. The van der Waals surface area contributed by atoms with E-state index in [0.717, 1.165) is 30.6 Å². The SMILES string of the molecule is I.NC(=NCC1(CO)CCOCC1)NC1CCOc2ccccc21. The van der Waals surface area contributed by atoms with Crippen molar-refractivity contribution in [2.45, 2.75) is 25.3 Å². The molecule has 1 saturated heterocycles. The molecule has 4 N–H and O–H groups in total. The molecule has 1 aromatic rings. The quantitative estimate of drug-likeness (QED) is 0.372. The highest BCUT2D eigenvalue weighted by atomic mass is 127. The third-order valence-electron chi connectivity index (χ3n) is 4.75. The number of aliphatic hydroxyl groups excluding tert-OH is 1. The van der Waals surface area contributed by atoms with Crippen LogP contribution in [0.1, 0.15) is 30.9 Å². The number of aliphatic imine (C=N–C) groups is 1. The van der Waals surface area contributed by atoms with Crippen molar-refractivity contribution in [1.82, 2.24) is 5.32 Å². The second-order valence-electron chi connectivity index (χ2n) is 6.34. The summed E-state index contributed by atoms with van der Waals surface area (Å²) >= 11 is 0.